The van der Waals surface area contributed by atoms with E-state index in [4.69, 9.17) is 0 Å². The molecule has 0 aliphatic rings. The lowest BCUT2D eigenvalue weighted by molar-refractivity contribution is -0.137. The zero-order valence-electron chi connectivity index (χ0n) is 17.1. The van der Waals surface area contributed by atoms with Crippen molar-refractivity contribution in [2.45, 2.75) is 26.5 Å². The second-order valence-electron chi connectivity index (χ2n) is 7.50. The molecule has 0 radical (unpaired) electrons. The van der Waals surface area contributed by atoms with Gasteiger partial charge in [-0.25, -0.2) is 0 Å². The molecule has 0 atom stereocenters. The Morgan fingerprint density at radius 1 is 0.897 bits per heavy atom. The first kappa shape index (κ1) is 22.5. The molecular weight excluding hydrogens is 388 g/mol. The van der Waals surface area contributed by atoms with E-state index in [1.54, 1.807) is 24.3 Å². The molecule has 0 bridgehead atoms. The van der Waals surface area contributed by atoms with Crippen LogP contribution in [0, 0.1) is 5.41 Å². The number of thioether (sulfide) groups is 1. The number of carbonyl (C=O) groups is 3. The van der Waals surface area contributed by atoms with Crippen molar-refractivity contribution in [3.05, 3.63) is 59.7 Å². The summed E-state index contributed by atoms with van der Waals surface area (Å²) in [6.45, 7) is 5.52. The van der Waals surface area contributed by atoms with E-state index in [2.05, 4.69) is 15.4 Å². The van der Waals surface area contributed by atoms with Crippen LogP contribution < -0.4 is 10.6 Å². The standard InChI is InChI=1S/C22H26N2O4S/c1-22(2,3)21(27)24-18-11-7-16(8-12-18)20(26)23-17-9-5-15(6-10-17)13-29-14-19(25)28-4/h5-12H,13-14H2,1-4H3,(H,23,26)(H,24,27). The maximum absolute atomic E-state index is 12.4. The van der Waals surface area contributed by atoms with Crippen LogP contribution in [0.4, 0.5) is 11.4 Å². The van der Waals surface area contributed by atoms with E-state index < -0.39 is 5.41 Å². The Hall–Kier alpha value is -2.80. The highest BCUT2D eigenvalue weighted by Crippen LogP contribution is 2.19. The molecule has 0 aromatic heterocycles. The summed E-state index contributed by atoms with van der Waals surface area (Å²) < 4.78 is 4.61. The Kier molecular flexibility index (Phi) is 7.84. The molecule has 2 amide bonds. The lowest BCUT2D eigenvalue weighted by Crippen LogP contribution is -2.27. The third-order valence-electron chi connectivity index (χ3n) is 4.01. The molecule has 0 spiro atoms. The van der Waals surface area contributed by atoms with Crippen LogP contribution in [-0.2, 0) is 20.1 Å². The number of carbonyl (C=O) groups excluding carboxylic acids is 3. The highest BCUT2D eigenvalue weighted by Gasteiger charge is 2.21. The zero-order chi connectivity index (χ0) is 21.4. The first-order valence-electron chi connectivity index (χ1n) is 9.15. The molecule has 2 aromatic carbocycles. The van der Waals surface area contributed by atoms with E-state index in [1.165, 1.54) is 18.9 Å². The number of ether oxygens (including phenoxy) is 1. The lowest BCUT2D eigenvalue weighted by atomic mass is 9.95. The normalized spacial score (nSPS) is 10.9. The van der Waals surface area contributed by atoms with E-state index >= 15 is 0 Å². The van der Waals surface area contributed by atoms with Gasteiger partial charge >= 0.3 is 5.97 Å². The molecule has 0 aliphatic carbocycles. The third kappa shape index (κ3) is 7.27. The molecule has 0 saturated heterocycles. The number of nitrogens with one attached hydrogen (secondary N) is 2. The van der Waals surface area contributed by atoms with Gasteiger partial charge in [-0.2, -0.15) is 0 Å². The Bertz CT molecular complexity index is 856. The number of anilines is 2. The molecule has 154 valence electrons. The highest BCUT2D eigenvalue weighted by molar-refractivity contribution is 7.99. The first-order valence-corrected chi connectivity index (χ1v) is 10.3. The smallest absolute Gasteiger partial charge is 0.315 e. The summed E-state index contributed by atoms with van der Waals surface area (Å²) in [6.07, 6.45) is 0. The SMILES string of the molecule is COC(=O)CSCc1ccc(NC(=O)c2ccc(NC(=O)C(C)(C)C)cc2)cc1. The van der Waals surface area contributed by atoms with Crippen LogP contribution in [0.3, 0.4) is 0 Å². The minimum atomic E-state index is -0.486. The minimum absolute atomic E-state index is 0.0838. The van der Waals surface area contributed by atoms with Gasteiger partial charge < -0.3 is 15.4 Å². The summed E-state index contributed by atoms with van der Waals surface area (Å²) in [7, 11) is 1.37. The molecule has 2 N–H and O–H groups in total. The maximum atomic E-state index is 12.4. The Morgan fingerprint density at radius 2 is 1.45 bits per heavy atom. The summed E-state index contributed by atoms with van der Waals surface area (Å²) in [5.74, 6) is 0.431. The fourth-order valence-corrected chi connectivity index (χ4v) is 3.04. The molecule has 6 nitrogen and oxygen atoms in total. The van der Waals surface area contributed by atoms with Gasteiger partial charge in [-0.3, -0.25) is 14.4 Å². The molecule has 2 rings (SSSR count). The molecule has 7 heteroatoms. The average molecular weight is 415 g/mol. The van der Waals surface area contributed by atoms with Gasteiger partial charge in [-0.15, -0.1) is 11.8 Å². The van der Waals surface area contributed by atoms with E-state index in [9.17, 15) is 14.4 Å². The Balaban J connectivity index is 1.89. The van der Waals surface area contributed by atoms with Crippen molar-refractivity contribution in [1.82, 2.24) is 0 Å². The van der Waals surface area contributed by atoms with Gasteiger partial charge in [0.15, 0.2) is 0 Å². The predicted molar refractivity (Wildman–Crippen MR) is 117 cm³/mol. The fraction of sp³-hybridized carbons (Fsp3) is 0.318. The fourth-order valence-electron chi connectivity index (χ4n) is 2.22. The van der Waals surface area contributed by atoms with Gasteiger partial charge in [0, 0.05) is 28.1 Å². The monoisotopic (exact) mass is 414 g/mol. The number of esters is 1. The van der Waals surface area contributed by atoms with Crippen LogP contribution >= 0.6 is 11.8 Å². The van der Waals surface area contributed by atoms with Gasteiger partial charge in [-0.05, 0) is 42.0 Å². The third-order valence-corrected chi connectivity index (χ3v) is 4.99. The van der Waals surface area contributed by atoms with Crippen molar-refractivity contribution in [3.8, 4) is 0 Å². The number of hydrogen-bond donors (Lipinski definition) is 2. The quantitative estimate of drug-likeness (QED) is 0.659. The summed E-state index contributed by atoms with van der Waals surface area (Å²) in [4.78, 5) is 35.6. The number of rotatable bonds is 7. The van der Waals surface area contributed by atoms with Crippen molar-refractivity contribution in [1.29, 1.82) is 0 Å². The summed E-state index contributed by atoms with van der Waals surface area (Å²) >= 11 is 1.47. The van der Waals surface area contributed by atoms with Crippen LogP contribution in [-0.4, -0.2) is 30.6 Å². The van der Waals surface area contributed by atoms with Crippen LogP contribution in [0.2, 0.25) is 0 Å². The minimum Gasteiger partial charge on any atom is -0.468 e. The molecular formula is C22H26N2O4S. The van der Waals surface area contributed by atoms with E-state index in [0.29, 0.717) is 28.4 Å². The highest BCUT2D eigenvalue weighted by atomic mass is 32.2. The second-order valence-corrected chi connectivity index (χ2v) is 8.49. The molecule has 2 aromatic rings. The Morgan fingerprint density at radius 3 is 2.00 bits per heavy atom. The van der Waals surface area contributed by atoms with Gasteiger partial charge in [-0.1, -0.05) is 32.9 Å². The van der Waals surface area contributed by atoms with Crippen molar-refractivity contribution in [2.24, 2.45) is 5.41 Å². The molecule has 0 fully saturated rings. The Labute approximate surface area is 175 Å². The van der Waals surface area contributed by atoms with Crippen molar-refractivity contribution in [3.63, 3.8) is 0 Å². The van der Waals surface area contributed by atoms with E-state index in [0.717, 1.165) is 5.56 Å². The van der Waals surface area contributed by atoms with Gasteiger partial charge in [0.2, 0.25) is 5.91 Å². The number of benzene rings is 2. The topological polar surface area (TPSA) is 84.5 Å². The average Bonchev–Trinajstić information content (AvgIpc) is 2.69. The number of amides is 2. The van der Waals surface area contributed by atoms with Crippen molar-refractivity contribution >= 4 is 40.9 Å². The van der Waals surface area contributed by atoms with Crippen molar-refractivity contribution in [2.75, 3.05) is 23.5 Å². The van der Waals surface area contributed by atoms with Crippen LogP contribution in [0.5, 0.6) is 0 Å². The lowest BCUT2D eigenvalue weighted by Gasteiger charge is -2.17. The van der Waals surface area contributed by atoms with Gasteiger partial charge in [0.05, 0.1) is 12.9 Å². The summed E-state index contributed by atoms with van der Waals surface area (Å²) in [6, 6.07) is 14.2. The van der Waals surface area contributed by atoms with Gasteiger partial charge in [0.1, 0.15) is 0 Å². The first-order chi connectivity index (χ1) is 13.7. The molecule has 0 heterocycles. The summed E-state index contributed by atoms with van der Waals surface area (Å²) in [5, 5.41) is 5.68. The molecule has 29 heavy (non-hydrogen) atoms. The molecule has 0 unspecified atom stereocenters. The number of hydrogen-bond acceptors (Lipinski definition) is 5. The largest absolute Gasteiger partial charge is 0.468 e. The summed E-state index contributed by atoms with van der Waals surface area (Å²) in [5.41, 5.74) is 2.39. The zero-order valence-corrected chi connectivity index (χ0v) is 17.9. The second kappa shape index (κ2) is 10.1. The van der Waals surface area contributed by atoms with Crippen LogP contribution in [0.25, 0.3) is 0 Å². The number of methoxy groups -OCH3 is 1. The van der Waals surface area contributed by atoms with E-state index in [1.807, 2.05) is 45.0 Å². The van der Waals surface area contributed by atoms with Crippen LogP contribution in [0.15, 0.2) is 48.5 Å². The predicted octanol–water partition coefficient (Wildman–Crippen LogP) is 4.33. The molecule has 0 aliphatic heterocycles. The van der Waals surface area contributed by atoms with Gasteiger partial charge in [0.25, 0.3) is 5.91 Å². The maximum Gasteiger partial charge on any atom is 0.315 e. The van der Waals surface area contributed by atoms with E-state index in [-0.39, 0.29) is 17.8 Å². The van der Waals surface area contributed by atoms with Crippen LogP contribution in [0.1, 0.15) is 36.7 Å². The molecule has 0 saturated carbocycles. The van der Waals surface area contributed by atoms with Crippen molar-refractivity contribution < 1.29 is 19.1 Å².